The molecule has 1 aliphatic carbocycles. The van der Waals surface area contributed by atoms with Gasteiger partial charge in [0.05, 0.1) is 22.9 Å². The third kappa shape index (κ3) is 3.06. The number of nitrogens with zero attached hydrogens (tertiary/aromatic N) is 2. The lowest BCUT2D eigenvalue weighted by Crippen LogP contribution is -2.24. The Balaban J connectivity index is 1.80. The fraction of sp³-hybridized carbons (Fsp3) is 0.500. The zero-order chi connectivity index (χ0) is 15.9. The minimum absolute atomic E-state index is 0.0760. The van der Waals surface area contributed by atoms with Crippen LogP contribution in [0.2, 0.25) is 0 Å². The van der Waals surface area contributed by atoms with Gasteiger partial charge in [-0.25, -0.2) is 15.1 Å². The van der Waals surface area contributed by atoms with E-state index >= 15 is 0 Å². The first kappa shape index (κ1) is 15.6. The van der Waals surface area contributed by atoms with Crippen LogP contribution in [0.25, 0.3) is 10.2 Å². The van der Waals surface area contributed by atoms with Crippen molar-refractivity contribution in [1.29, 1.82) is 0 Å². The molecular weight excluding hydrogens is 328 g/mol. The van der Waals surface area contributed by atoms with Crippen LogP contribution in [-0.2, 0) is 14.5 Å². The Morgan fingerprint density at radius 3 is 2.91 bits per heavy atom. The lowest BCUT2D eigenvalue weighted by atomic mass is 9.98. The summed E-state index contributed by atoms with van der Waals surface area (Å²) in [6.45, 7) is -0.115. The Bertz CT molecular complexity index is 792. The summed E-state index contributed by atoms with van der Waals surface area (Å²) in [7, 11) is -3.99. The summed E-state index contributed by atoms with van der Waals surface area (Å²) < 4.78 is 27.2. The first-order chi connectivity index (χ1) is 10.3. The van der Waals surface area contributed by atoms with E-state index in [1.165, 1.54) is 17.7 Å². The number of hydrogen-bond acceptors (Lipinski definition) is 8. The summed E-state index contributed by atoms with van der Waals surface area (Å²) in [5.74, 6) is 0.235. The van der Waals surface area contributed by atoms with Crippen molar-refractivity contribution in [2.75, 3.05) is 12.3 Å². The molecule has 22 heavy (non-hydrogen) atoms. The summed E-state index contributed by atoms with van der Waals surface area (Å²) in [5.41, 5.74) is 7.63. The quantitative estimate of drug-likeness (QED) is 0.726. The van der Waals surface area contributed by atoms with Crippen molar-refractivity contribution < 1.29 is 17.7 Å². The highest BCUT2D eigenvalue weighted by molar-refractivity contribution is 7.84. The normalized spacial score (nSPS) is 25.8. The highest BCUT2D eigenvalue weighted by Gasteiger charge is 2.36. The maximum absolute atomic E-state index is 10.9. The van der Waals surface area contributed by atoms with Gasteiger partial charge in [-0.15, -0.1) is 11.3 Å². The van der Waals surface area contributed by atoms with Gasteiger partial charge in [-0.05, 0) is 29.7 Å². The Morgan fingerprint density at radius 1 is 1.41 bits per heavy atom. The van der Waals surface area contributed by atoms with Gasteiger partial charge in [0.1, 0.15) is 12.1 Å². The molecule has 2 aromatic rings. The number of nitrogen functional groups attached to an aromatic ring is 1. The van der Waals surface area contributed by atoms with E-state index in [0.717, 1.165) is 15.8 Å². The standard InChI is InChI=1S/C12H16N4O4S2/c13-12-11-10(15-5-16-12)8(4-21-11)6-1-7(9(17)2-6)3-20-22(14,18)19/h4-7,9,17H,1-3H2,(H2,13,15,16)(H2,14,18,19). The van der Waals surface area contributed by atoms with Crippen molar-refractivity contribution in [3.05, 3.63) is 17.3 Å². The number of rotatable bonds is 4. The third-order valence-electron chi connectivity index (χ3n) is 3.95. The average molecular weight is 344 g/mol. The summed E-state index contributed by atoms with van der Waals surface area (Å²) in [6, 6.07) is 0. The van der Waals surface area contributed by atoms with Crippen LogP contribution in [0.4, 0.5) is 5.82 Å². The number of aliphatic hydroxyl groups is 1. The summed E-state index contributed by atoms with van der Waals surface area (Å²) in [5, 5.41) is 16.9. The smallest absolute Gasteiger partial charge is 0.333 e. The van der Waals surface area contributed by atoms with Gasteiger partial charge in [0.2, 0.25) is 0 Å². The van der Waals surface area contributed by atoms with Crippen molar-refractivity contribution in [2.45, 2.75) is 24.9 Å². The van der Waals surface area contributed by atoms with E-state index in [1.54, 1.807) is 0 Å². The molecule has 0 amide bonds. The molecule has 1 saturated carbocycles. The molecular formula is C12H16N4O4S2. The van der Waals surface area contributed by atoms with E-state index in [4.69, 9.17) is 10.9 Å². The topological polar surface area (TPSA) is 141 Å². The zero-order valence-corrected chi connectivity index (χ0v) is 13.2. The van der Waals surface area contributed by atoms with Gasteiger partial charge in [0.15, 0.2) is 0 Å². The van der Waals surface area contributed by atoms with Crippen molar-refractivity contribution in [2.24, 2.45) is 11.1 Å². The molecule has 2 aromatic heterocycles. The SMILES string of the molecule is Nc1ncnc2c(C3CC(O)C(COS(N)(=O)=O)C3)csc12. The molecule has 0 bridgehead atoms. The predicted molar refractivity (Wildman–Crippen MR) is 82.4 cm³/mol. The molecule has 2 heterocycles. The predicted octanol–water partition coefficient (Wildman–Crippen LogP) is 0.348. The first-order valence-corrected chi connectivity index (χ1v) is 9.03. The second kappa shape index (κ2) is 5.70. The van der Waals surface area contributed by atoms with Crippen molar-refractivity contribution in [3.8, 4) is 0 Å². The van der Waals surface area contributed by atoms with E-state index < -0.39 is 16.4 Å². The molecule has 3 atom stereocenters. The number of nitrogens with two attached hydrogens (primary N) is 2. The van der Waals surface area contributed by atoms with Gasteiger partial charge in [-0.3, -0.25) is 4.18 Å². The van der Waals surface area contributed by atoms with Gasteiger partial charge in [0, 0.05) is 5.92 Å². The van der Waals surface area contributed by atoms with Crippen LogP contribution in [-0.4, -0.2) is 36.2 Å². The maximum Gasteiger partial charge on any atom is 0.333 e. The summed E-state index contributed by atoms with van der Waals surface area (Å²) in [6.07, 6.45) is 1.91. The molecule has 5 N–H and O–H groups in total. The number of thiophene rings is 1. The van der Waals surface area contributed by atoms with Crippen LogP contribution < -0.4 is 10.9 Å². The first-order valence-electron chi connectivity index (χ1n) is 6.68. The minimum atomic E-state index is -3.99. The van der Waals surface area contributed by atoms with Crippen LogP contribution in [0.1, 0.15) is 24.3 Å². The molecule has 0 spiro atoms. The molecule has 0 aliphatic heterocycles. The van der Waals surface area contributed by atoms with E-state index in [-0.39, 0.29) is 18.4 Å². The number of hydrogen-bond donors (Lipinski definition) is 3. The molecule has 0 radical (unpaired) electrons. The second-order valence-electron chi connectivity index (χ2n) is 5.40. The lowest BCUT2D eigenvalue weighted by molar-refractivity contribution is 0.101. The van der Waals surface area contributed by atoms with Crippen molar-refractivity contribution in [1.82, 2.24) is 9.97 Å². The number of fused-ring (bicyclic) bond motifs is 1. The Kier molecular flexibility index (Phi) is 4.03. The van der Waals surface area contributed by atoms with E-state index in [9.17, 15) is 13.5 Å². The van der Waals surface area contributed by atoms with Crippen LogP contribution in [0.15, 0.2) is 11.7 Å². The number of anilines is 1. The Labute approximate surface area is 131 Å². The molecule has 1 fully saturated rings. The van der Waals surface area contributed by atoms with Gasteiger partial charge in [0.25, 0.3) is 0 Å². The highest BCUT2D eigenvalue weighted by Crippen LogP contribution is 2.43. The van der Waals surface area contributed by atoms with Crippen LogP contribution in [0.3, 0.4) is 0 Å². The Hall–Kier alpha value is -1.33. The van der Waals surface area contributed by atoms with Crippen molar-refractivity contribution >= 4 is 37.7 Å². The minimum Gasteiger partial charge on any atom is -0.393 e. The van der Waals surface area contributed by atoms with Crippen LogP contribution in [0.5, 0.6) is 0 Å². The maximum atomic E-state index is 10.9. The molecule has 1 aliphatic rings. The lowest BCUT2D eigenvalue weighted by Gasteiger charge is -2.12. The molecule has 8 nitrogen and oxygen atoms in total. The largest absolute Gasteiger partial charge is 0.393 e. The van der Waals surface area contributed by atoms with Gasteiger partial charge in [-0.1, -0.05) is 0 Å². The number of aromatic nitrogens is 2. The summed E-state index contributed by atoms with van der Waals surface area (Å²) in [4.78, 5) is 8.23. The van der Waals surface area contributed by atoms with Gasteiger partial charge < -0.3 is 10.8 Å². The van der Waals surface area contributed by atoms with Crippen LogP contribution in [0, 0.1) is 5.92 Å². The average Bonchev–Trinajstić information content (AvgIpc) is 3.00. The third-order valence-corrected chi connectivity index (χ3v) is 5.43. The molecule has 3 unspecified atom stereocenters. The highest BCUT2D eigenvalue weighted by atomic mass is 32.2. The second-order valence-corrected chi connectivity index (χ2v) is 7.50. The fourth-order valence-electron chi connectivity index (χ4n) is 2.89. The fourth-order valence-corrected chi connectivity index (χ4v) is 4.26. The van der Waals surface area contributed by atoms with Gasteiger partial charge >= 0.3 is 10.3 Å². The summed E-state index contributed by atoms with van der Waals surface area (Å²) >= 11 is 1.47. The van der Waals surface area contributed by atoms with E-state index in [0.29, 0.717) is 18.7 Å². The van der Waals surface area contributed by atoms with E-state index in [2.05, 4.69) is 14.2 Å². The zero-order valence-electron chi connectivity index (χ0n) is 11.5. The molecule has 10 heteroatoms. The molecule has 3 rings (SSSR count). The van der Waals surface area contributed by atoms with E-state index in [1.807, 2.05) is 5.38 Å². The molecule has 0 aromatic carbocycles. The molecule has 0 saturated heterocycles. The number of aliphatic hydroxyl groups excluding tert-OH is 1. The monoisotopic (exact) mass is 344 g/mol. The van der Waals surface area contributed by atoms with Crippen LogP contribution >= 0.6 is 11.3 Å². The van der Waals surface area contributed by atoms with Crippen molar-refractivity contribution in [3.63, 3.8) is 0 Å². The Morgan fingerprint density at radius 2 is 2.18 bits per heavy atom. The van der Waals surface area contributed by atoms with Gasteiger partial charge in [-0.2, -0.15) is 8.42 Å². The molecule has 120 valence electrons.